The van der Waals surface area contributed by atoms with Crippen LogP contribution >= 0.6 is 0 Å². The lowest BCUT2D eigenvalue weighted by Crippen LogP contribution is -2.21. The van der Waals surface area contributed by atoms with E-state index in [1.165, 1.54) is 12.1 Å². The summed E-state index contributed by atoms with van der Waals surface area (Å²) in [6, 6.07) is 3.86. The minimum absolute atomic E-state index is 0.00578. The van der Waals surface area contributed by atoms with Gasteiger partial charge < -0.3 is 10.5 Å². The van der Waals surface area contributed by atoms with Crippen molar-refractivity contribution in [2.24, 2.45) is 5.92 Å². The molecule has 1 saturated carbocycles. The summed E-state index contributed by atoms with van der Waals surface area (Å²) in [5, 5.41) is 0. The average Bonchev–Trinajstić information content (AvgIpc) is 2.38. The molecule has 0 saturated heterocycles. The number of hydrogen-bond donors (Lipinski definition) is 1. The Hall–Kier alpha value is -1.23. The molecule has 0 bridgehead atoms. The third-order valence-corrected chi connectivity index (χ3v) is 3.88. The summed E-state index contributed by atoms with van der Waals surface area (Å²) in [6.07, 6.45) is -0.300. The van der Waals surface area contributed by atoms with Gasteiger partial charge in [0.1, 0.15) is 0 Å². The van der Waals surface area contributed by atoms with Gasteiger partial charge in [-0.15, -0.1) is 0 Å². The Morgan fingerprint density at radius 2 is 1.85 bits per heavy atom. The molecule has 5 heteroatoms. The molecule has 0 amide bonds. The maximum absolute atomic E-state index is 12.9. The van der Waals surface area contributed by atoms with Crippen molar-refractivity contribution in [1.82, 2.24) is 0 Å². The zero-order valence-electron chi connectivity index (χ0n) is 11.5. The van der Waals surface area contributed by atoms with Gasteiger partial charge in [-0.3, -0.25) is 0 Å². The lowest BCUT2D eigenvalue weighted by atomic mass is 9.89. The van der Waals surface area contributed by atoms with Gasteiger partial charge in [0.15, 0.2) is 0 Å². The van der Waals surface area contributed by atoms with Crippen molar-refractivity contribution in [3.05, 3.63) is 29.3 Å². The van der Waals surface area contributed by atoms with Crippen LogP contribution < -0.4 is 5.73 Å². The molecule has 1 fully saturated rings. The van der Waals surface area contributed by atoms with Crippen LogP contribution in [0.2, 0.25) is 0 Å². The van der Waals surface area contributed by atoms with Crippen LogP contribution in [0.5, 0.6) is 0 Å². The summed E-state index contributed by atoms with van der Waals surface area (Å²) in [5.74, 6) is 0.692. The number of halogens is 3. The van der Waals surface area contributed by atoms with Gasteiger partial charge in [-0.1, -0.05) is 13.0 Å². The highest BCUT2D eigenvalue weighted by atomic mass is 19.4. The molecule has 0 heterocycles. The monoisotopic (exact) mass is 287 g/mol. The summed E-state index contributed by atoms with van der Waals surface area (Å²) in [6.45, 7) is 2.19. The van der Waals surface area contributed by atoms with Crippen LogP contribution in [0.3, 0.4) is 0 Å². The number of hydrogen-bond acceptors (Lipinski definition) is 2. The third-order valence-electron chi connectivity index (χ3n) is 3.88. The van der Waals surface area contributed by atoms with E-state index in [0.717, 1.165) is 31.7 Å². The lowest BCUT2D eigenvalue weighted by Gasteiger charge is -2.26. The average molecular weight is 287 g/mol. The fourth-order valence-electron chi connectivity index (χ4n) is 2.59. The van der Waals surface area contributed by atoms with E-state index in [2.05, 4.69) is 6.92 Å². The molecule has 0 unspecified atom stereocenters. The Bertz CT molecular complexity index is 451. The van der Waals surface area contributed by atoms with Crippen molar-refractivity contribution in [3.63, 3.8) is 0 Å². The third kappa shape index (κ3) is 3.88. The summed E-state index contributed by atoms with van der Waals surface area (Å²) < 4.78 is 44.5. The summed E-state index contributed by atoms with van der Waals surface area (Å²) in [4.78, 5) is 0. The molecule has 20 heavy (non-hydrogen) atoms. The molecule has 0 radical (unpaired) electrons. The van der Waals surface area contributed by atoms with Crippen molar-refractivity contribution in [1.29, 1.82) is 0 Å². The molecule has 2 rings (SSSR count). The van der Waals surface area contributed by atoms with Gasteiger partial charge in [-0.05, 0) is 49.3 Å². The van der Waals surface area contributed by atoms with Gasteiger partial charge in [0.05, 0.1) is 18.3 Å². The molecular weight excluding hydrogens is 267 g/mol. The first-order chi connectivity index (χ1) is 9.36. The summed E-state index contributed by atoms with van der Waals surface area (Å²) >= 11 is 0. The molecular formula is C15H20F3NO. The maximum atomic E-state index is 12.9. The number of rotatable bonds is 3. The second kappa shape index (κ2) is 6.04. The smallest absolute Gasteiger partial charge is 0.399 e. The Morgan fingerprint density at radius 1 is 1.20 bits per heavy atom. The van der Waals surface area contributed by atoms with Crippen LogP contribution in [0.25, 0.3) is 0 Å². The molecule has 0 aromatic heterocycles. The van der Waals surface area contributed by atoms with Crippen LogP contribution in [0, 0.1) is 5.92 Å². The van der Waals surface area contributed by atoms with Gasteiger partial charge in [0, 0.05) is 5.69 Å². The van der Waals surface area contributed by atoms with Crippen LogP contribution in [0.1, 0.15) is 43.7 Å². The van der Waals surface area contributed by atoms with E-state index in [9.17, 15) is 13.2 Å². The molecule has 0 atom stereocenters. The van der Waals surface area contributed by atoms with Crippen molar-refractivity contribution in [2.75, 3.05) is 5.73 Å². The molecule has 2 nitrogen and oxygen atoms in total. The lowest BCUT2D eigenvalue weighted by molar-refractivity contribution is -0.139. The van der Waals surface area contributed by atoms with Crippen LogP contribution in [0.15, 0.2) is 18.2 Å². The molecule has 112 valence electrons. The number of nitrogen functional groups attached to an aromatic ring is 1. The van der Waals surface area contributed by atoms with E-state index in [-0.39, 0.29) is 24.0 Å². The van der Waals surface area contributed by atoms with E-state index in [1.54, 1.807) is 0 Å². The normalized spacial score (nSPS) is 23.8. The van der Waals surface area contributed by atoms with Crippen molar-refractivity contribution in [3.8, 4) is 0 Å². The highest BCUT2D eigenvalue weighted by Crippen LogP contribution is 2.34. The van der Waals surface area contributed by atoms with Gasteiger partial charge in [0.25, 0.3) is 0 Å². The number of benzene rings is 1. The topological polar surface area (TPSA) is 35.2 Å². The van der Waals surface area contributed by atoms with E-state index >= 15 is 0 Å². The molecule has 1 aromatic carbocycles. The Balaban J connectivity index is 2.02. The summed E-state index contributed by atoms with van der Waals surface area (Å²) in [7, 11) is 0. The van der Waals surface area contributed by atoms with E-state index in [4.69, 9.17) is 10.5 Å². The molecule has 1 aromatic rings. The standard InChI is InChI=1S/C15H20F3NO/c1-10-2-6-13(7-3-10)20-9-11-4-5-12(19)8-14(11)15(16,17)18/h4-5,8,10,13H,2-3,6-7,9,19H2,1H3. The van der Waals surface area contributed by atoms with Crippen LogP contribution in [-0.2, 0) is 17.5 Å². The molecule has 1 aliphatic carbocycles. The van der Waals surface area contributed by atoms with Crippen molar-refractivity contribution >= 4 is 5.69 Å². The summed E-state index contributed by atoms with van der Waals surface area (Å²) in [5.41, 5.74) is 5.02. The zero-order chi connectivity index (χ0) is 14.8. The maximum Gasteiger partial charge on any atom is 0.416 e. The van der Waals surface area contributed by atoms with Gasteiger partial charge in [0.2, 0.25) is 0 Å². The highest BCUT2D eigenvalue weighted by Gasteiger charge is 2.33. The van der Waals surface area contributed by atoms with Crippen molar-refractivity contribution < 1.29 is 17.9 Å². The van der Waals surface area contributed by atoms with Crippen molar-refractivity contribution in [2.45, 2.75) is 51.5 Å². The molecule has 0 spiro atoms. The molecule has 2 N–H and O–H groups in total. The van der Waals surface area contributed by atoms with Gasteiger partial charge in [-0.25, -0.2) is 0 Å². The van der Waals surface area contributed by atoms with E-state index in [1.807, 2.05) is 0 Å². The number of ether oxygens (including phenoxy) is 1. The second-order valence-electron chi connectivity index (χ2n) is 5.61. The molecule has 1 aliphatic rings. The second-order valence-corrected chi connectivity index (χ2v) is 5.61. The minimum Gasteiger partial charge on any atom is -0.399 e. The quantitative estimate of drug-likeness (QED) is 0.837. The van der Waals surface area contributed by atoms with Crippen LogP contribution in [0.4, 0.5) is 18.9 Å². The van der Waals surface area contributed by atoms with E-state index < -0.39 is 11.7 Å². The molecule has 0 aliphatic heterocycles. The van der Waals surface area contributed by atoms with Crippen LogP contribution in [-0.4, -0.2) is 6.10 Å². The Morgan fingerprint density at radius 3 is 2.45 bits per heavy atom. The zero-order valence-corrected chi connectivity index (χ0v) is 11.5. The fourth-order valence-corrected chi connectivity index (χ4v) is 2.59. The fraction of sp³-hybridized carbons (Fsp3) is 0.600. The Kier molecular flexibility index (Phi) is 4.58. The minimum atomic E-state index is -4.39. The SMILES string of the molecule is CC1CCC(OCc2ccc(N)cc2C(F)(F)F)CC1. The Labute approximate surface area is 117 Å². The first-order valence-electron chi connectivity index (χ1n) is 6.93. The van der Waals surface area contributed by atoms with E-state index in [0.29, 0.717) is 5.92 Å². The largest absolute Gasteiger partial charge is 0.416 e. The first kappa shape index (κ1) is 15.2. The first-order valence-corrected chi connectivity index (χ1v) is 6.93. The van der Waals surface area contributed by atoms with Gasteiger partial charge in [-0.2, -0.15) is 13.2 Å². The number of nitrogens with two attached hydrogens (primary N) is 1. The number of anilines is 1. The number of alkyl halides is 3. The highest BCUT2D eigenvalue weighted by molar-refractivity contribution is 5.45. The predicted octanol–water partition coefficient (Wildman–Crippen LogP) is 4.38. The van der Waals surface area contributed by atoms with Gasteiger partial charge >= 0.3 is 6.18 Å². The predicted molar refractivity (Wildman–Crippen MR) is 72.1 cm³/mol.